The molecule has 0 unspecified atom stereocenters. The Labute approximate surface area is 128 Å². The zero-order valence-corrected chi connectivity index (χ0v) is 11.9. The van der Waals surface area contributed by atoms with Crippen molar-refractivity contribution >= 4 is 44.3 Å². The van der Waals surface area contributed by atoms with Crippen LogP contribution in [0.4, 0.5) is 22.7 Å². The topological polar surface area (TPSA) is 24.1 Å². The lowest BCUT2D eigenvalue weighted by atomic mass is 10.0. The highest BCUT2D eigenvalue weighted by atomic mass is 15.0. The number of hydrogen-bond acceptors (Lipinski definition) is 2. The van der Waals surface area contributed by atoms with Gasteiger partial charge >= 0.3 is 0 Å². The van der Waals surface area contributed by atoms with Crippen LogP contribution in [0.15, 0.2) is 72.8 Å². The number of nitrogens with one attached hydrogen (secondary N) is 2. The minimum absolute atomic E-state index is 1.13. The van der Waals surface area contributed by atoms with Crippen LogP contribution < -0.4 is 10.6 Å². The molecule has 0 atom stereocenters. The third-order valence-corrected chi connectivity index (χ3v) is 4.38. The van der Waals surface area contributed by atoms with Gasteiger partial charge in [-0.2, -0.15) is 0 Å². The number of benzene rings is 4. The van der Waals surface area contributed by atoms with E-state index in [1.165, 1.54) is 21.5 Å². The Morgan fingerprint density at radius 3 is 1.50 bits per heavy atom. The molecule has 1 aliphatic heterocycles. The smallest absolute Gasteiger partial charge is 0.0703 e. The molecule has 0 saturated carbocycles. The number of fused-ring (bicyclic) bond motifs is 6. The molecule has 104 valence electrons. The van der Waals surface area contributed by atoms with Gasteiger partial charge in [0.15, 0.2) is 0 Å². The van der Waals surface area contributed by atoms with Crippen LogP contribution in [0, 0.1) is 0 Å². The Kier molecular flexibility index (Phi) is 2.25. The molecule has 0 saturated heterocycles. The first-order valence-electron chi connectivity index (χ1n) is 7.48. The molecule has 1 heterocycles. The number of anilines is 4. The summed E-state index contributed by atoms with van der Waals surface area (Å²) in [5.41, 5.74) is 4.56. The van der Waals surface area contributed by atoms with Crippen molar-refractivity contribution in [1.29, 1.82) is 0 Å². The Hall–Kier alpha value is -3.00. The molecular weight excluding hydrogens is 268 g/mol. The summed E-state index contributed by atoms with van der Waals surface area (Å²) in [6.07, 6.45) is 0. The molecule has 0 bridgehead atoms. The van der Waals surface area contributed by atoms with E-state index in [2.05, 4.69) is 83.4 Å². The average Bonchev–Trinajstić information content (AvgIpc) is 2.60. The highest BCUT2D eigenvalue weighted by Gasteiger charge is 2.18. The second-order valence-electron chi connectivity index (χ2n) is 5.67. The lowest BCUT2D eigenvalue weighted by molar-refractivity contribution is 1.49. The minimum Gasteiger partial charge on any atom is -0.352 e. The molecule has 0 radical (unpaired) electrons. The van der Waals surface area contributed by atoms with Gasteiger partial charge in [0.25, 0.3) is 0 Å². The van der Waals surface area contributed by atoms with Crippen molar-refractivity contribution in [3.8, 4) is 0 Å². The van der Waals surface area contributed by atoms with Crippen LogP contribution in [0.1, 0.15) is 0 Å². The van der Waals surface area contributed by atoms with Crippen LogP contribution >= 0.6 is 0 Å². The fraction of sp³-hybridized carbons (Fsp3) is 0. The lowest BCUT2D eigenvalue weighted by Crippen LogP contribution is -2.07. The molecule has 4 aromatic carbocycles. The van der Waals surface area contributed by atoms with Gasteiger partial charge in [0.2, 0.25) is 0 Å². The predicted molar refractivity (Wildman–Crippen MR) is 94.5 cm³/mol. The van der Waals surface area contributed by atoms with E-state index in [0.29, 0.717) is 0 Å². The van der Waals surface area contributed by atoms with Crippen molar-refractivity contribution in [3.63, 3.8) is 0 Å². The molecule has 0 fully saturated rings. The Morgan fingerprint density at radius 1 is 0.455 bits per heavy atom. The molecule has 22 heavy (non-hydrogen) atoms. The second kappa shape index (κ2) is 4.25. The largest absolute Gasteiger partial charge is 0.352 e. The zero-order chi connectivity index (χ0) is 14.5. The molecule has 4 aromatic rings. The van der Waals surface area contributed by atoms with E-state index in [-0.39, 0.29) is 0 Å². The van der Waals surface area contributed by atoms with Crippen molar-refractivity contribution in [2.45, 2.75) is 0 Å². The van der Waals surface area contributed by atoms with Gasteiger partial charge in [0, 0.05) is 10.8 Å². The third kappa shape index (κ3) is 1.55. The molecule has 0 aromatic heterocycles. The van der Waals surface area contributed by atoms with E-state index in [9.17, 15) is 0 Å². The highest BCUT2D eigenvalue weighted by Crippen LogP contribution is 2.45. The molecule has 2 N–H and O–H groups in total. The van der Waals surface area contributed by atoms with Gasteiger partial charge in [-0.25, -0.2) is 0 Å². The molecule has 0 aliphatic carbocycles. The molecule has 5 rings (SSSR count). The number of hydrogen-bond donors (Lipinski definition) is 2. The van der Waals surface area contributed by atoms with Crippen molar-refractivity contribution in [1.82, 2.24) is 0 Å². The normalized spacial score (nSPS) is 12.4. The van der Waals surface area contributed by atoms with Crippen molar-refractivity contribution in [3.05, 3.63) is 72.8 Å². The van der Waals surface area contributed by atoms with Crippen LogP contribution in [-0.4, -0.2) is 0 Å². The third-order valence-electron chi connectivity index (χ3n) is 4.38. The summed E-state index contributed by atoms with van der Waals surface area (Å²) < 4.78 is 0. The van der Waals surface area contributed by atoms with E-state index in [1.54, 1.807) is 0 Å². The van der Waals surface area contributed by atoms with Gasteiger partial charge in [-0.15, -0.1) is 0 Å². The van der Waals surface area contributed by atoms with Gasteiger partial charge in [0.05, 0.1) is 22.7 Å². The van der Waals surface area contributed by atoms with Gasteiger partial charge in [-0.1, -0.05) is 60.7 Å². The summed E-state index contributed by atoms with van der Waals surface area (Å²) in [5, 5.41) is 12.2. The van der Waals surface area contributed by atoms with E-state index in [1.807, 2.05) is 0 Å². The Bertz CT molecular complexity index is 951. The van der Waals surface area contributed by atoms with Crippen LogP contribution in [0.25, 0.3) is 21.5 Å². The molecule has 2 nitrogen and oxygen atoms in total. The highest BCUT2D eigenvalue weighted by molar-refractivity contribution is 6.11. The van der Waals surface area contributed by atoms with Gasteiger partial charge in [0.1, 0.15) is 0 Å². The fourth-order valence-corrected chi connectivity index (χ4v) is 3.29. The van der Waals surface area contributed by atoms with Crippen LogP contribution in [0.2, 0.25) is 0 Å². The molecule has 1 aliphatic rings. The second-order valence-corrected chi connectivity index (χ2v) is 5.67. The van der Waals surface area contributed by atoms with Crippen LogP contribution in [-0.2, 0) is 0 Å². The molecule has 0 amide bonds. The summed E-state index contributed by atoms with van der Waals surface area (Å²) in [6, 6.07) is 25.6. The molecule has 2 heteroatoms. The maximum Gasteiger partial charge on any atom is 0.0703 e. The first-order chi connectivity index (χ1) is 10.9. The summed E-state index contributed by atoms with van der Waals surface area (Å²) in [6.45, 7) is 0. The van der Waals surface area contributed by atoms with E-state index in [0.717, 1.165) is 22.7 Å². The van der Waals surface area contributed by atoms with Gasteiger partial charge in [-0.05, 0) is 22.9 Å². The molecule has 0 spiro atoms. The number of rotatable bonds is 0. The Morgan fingerprint density at radius 2 is 0.955 bits per heavy atom. The van der Waals surface area contributed by atoms with Crippen LogP contribution in [0.3, 0.4) is 0 Å². The lowest BCUT2D eigenvalue weighted by Gasteiger charge is -2.25. The quantitative estimate of drug-likeness (QED) is 0.375. The van der Waals surface area contributed by atoms with E-state index in [4.69, 9.17) is 0 Å². The summed E-state index contributed by atoms with van der Waals surface area (Å²) in [7, 11) is 0. The van der Waals surface area contributed by atoms with Crippen molar-refractivity contribution < 1.29 is 0 Å². The standard InChI is InChI=1S/C20H14N2/c1-3-7-15-13(5-1)9-11-17-19(15)22-20-16-8-4-2-6-14(16)10-12-18(20)21-17/h1-12,21-22H. The summed E-state index contributed by atoms with van der Waals surface area (Å²) in [4.78, 5) is 0. The van der Waals surface area contributed by atoms with Gasteiger partial charge in [-0.3, -0.25) is 0 Å². The maximum atomic E-state index is 3.66. The monoisotopic (exact) mass is 282 g/mol. The maximum absolute atomic E-state index is 3.66. The SMILES string of the molecule is c1ccc2c3c(ccc2c1)Nc1ccc2ccccc2c1N3. The van der Waals surface area contributed by atoms with Crippen LogP contribution in [0.5, 0.6) is 0 Å². The van der Waals surface area contributed by atoms with Crippen molar-refractivity contribution in [2.75, 3.05) is 10.6 Å². The summed E-state index contributed by atoms with van der Waals surface area (Å²) >= 11 is 0. The first-order valence-corrected chi connectivity index (χ1v) is 7.48. The Balaban J connectivity index is 1.80. The van der Waals surface area contributed by atoms with Crippen molar-refractivity contribution in [2.24, 2.45) is 0 Å². The zero-order valence-electron chi connectivity index (χ0n) is 11.9. The minimum atomic E-state index is 1.13. The van der Waals surface area contributed by atoms with E-state index < -0.39 is 0 Å². The van der Waals surface area contributed by atoms with Gasteiger partial charge < -0.3 is 10.6 Å². The average molecular weight is 282 g/mol. The first kappa shape index (κ1) is 11.6. The predicted octanol–water partition coefficient (Wildman–Crippen LogP) is 5.79. The summed E-state index contributed by atoms with van der Waals surface area (Å²) in [5.74, 6) is 0. The fourth-order valence-electron chi connectivity index (χ4n) is 3.29. The van der Waals surface area contributed by atoms with E-state index >= 15 is 0 Å². The molecular formula is C20H14N2.